The molecule has 1 aliphatic heterocycles. The molecule has 2 aromatic carbocycles. The first kappa shape index (κ1) is 20.1. The molecular weight excluding hydrogens is 431 g/mol. The van der Waals surface area contributed by atoms with Gasteiger partial charge >= 0.3 is 0 Å². The molecular formula is C24H17FN2O4S. The fraction of sp³-hybridized carbons (Fsp3) is 0.125. The lowest BCUT2D eigenvalue weighted by Gasteiger charge is -2.24. The van der Waals surface area contributed by atoms with Crippen molar-refractivity contribution in [1.29, 1.82) is 0 Å². The molecule has 1 atom stereocenters. The van der Waals surface area contributed by atoms with Gasteiger partial charge in [-0.1, -0.05) is 35.6 Å². The third kappa shape index (κ3) is 3.11. The van der Waals surface area contributed by atoms with E-state index in [2.05, 4.69) is 4.98 Å². The zero-order chi connectivity index (χ0) is 22.6. The molecule has 4 aromatic rings. The lowest BCUT2D eigenvalue weighted by molar-refractivity contribution is -0.117. The fourth-order valence-electron chi connectivity index (χ4n) is 3.84. The van der Waals surface area contributed by atoms with Crippen LogP contribution in [0.3, 0.4) is 0 Å². The number of amides is 1. The molecule has 1 amide bonds. The Labute approximate surface area is 186 Å². The van der Waals surface area contributed by atoms with E-state index in [1.165, 1.54) is 40.5 Å². The minimum Gasteiger partial charge on any atom is -0.503 e. The van der Waals surface area contributed by atoms with Crippen molar-refractivity contribution in [3.63, 3.8) is 0 Å². The molecule has 0 fully saturated rings. The number of thiazole rings is 1. The van der Waals surface area contributed by atoms with Crippen LogP contribution in [0.15, 0.2) is 70.3 Å². The smallest absolute Gasteiger partial charge is 0.296 e. The summed E-state index contributed by atoms with van der Waals surface area (Å²) in [5.74, 6) is -2.40. The average Bonchev–Trinajstić information content (AvgIpc) is 3.44. The summed E-state index contributed by atoms with van der Waals surface area (Å²) in [6.45, 7) is 3.62. The first-order valence-electron chi connectivity index (χ1n) is 9.84. The molecule has 0 spiro atoms. The standard InChI is InChI=1S/C24H17FN2O4S/c1-12-7-9-16-18(11-12)32-24(26-16)27-20(14-5-3-4-6-15(14)25)19(22(29)23(27)30)21(28)17-10-8-13(2)31-17/h3-11,20,29H,1-2H3. The Balaban J connectivity index is 1.70. The number of aryl methyl sites for hydroxylation is 2. The average molecular weight is 448 g/mol. The molecule has 8 heteroatoms. The Kier molecular flexibility index (Phi) is 4.67. The molecule has 0 radical (unpaired) electrons. The molecule has 1 unspecified atom stereocenters. The maximum atomic E-state index is 14.9. The Morgan fingerprint density at radius 2 is 1.94 bits per heavy atom. The number of aliphatic hydroxyl groups excluding tert-OH is 1. The summed E-state index contributed by atoms with van der Waals surface area (Å²) >= 11 is 1.23. The number of aromatic nitrogens is 1. The summed E-state index contributed by atoms with van der Waals surface area (Å²) < 4.78 is 21.2. The lowest BCUT2D eigenvalue weighted by atomic mass is 9.95. The van der Waals surface area contributed by atoms with Crippen LogP contribution in [-0.4, -0.2) is 21.8 Å². The van der Waals surface area contributed by atoms with Crippen molar-refractivity contribution in [2.24, 2.45) is 0 Å². The van der Waals surface area contributed by atoms with Gasteiger partial charge in [0.25, 0.3) is 5.91 Å². The fourth-order valence-corrected chi connectivity index (χ4v) is 4.93. The topological polar surface area (TPSA) is 83.6 Å². The first-order chi connectivity index (χ1) is 15.3. The van der Waals surface area contributed by atoms with Crippen molar-refractivity contribution < 1.29 is 23.5 Å². The van der Waals surface area contributed by atoms with Crippen LogP contribution in [0.2, 0.25) is 0 Å². The van der Waals surface area contributed by atoms with E-state index in [9.17, 15) is 19.1 Å². The maximum absolute atomic E-state index is 14.9. The molecule has 1 aliphatic rings. The SMILES string of the molecule is Cc1ccc2nc(N3C(=O)C(O)=C(C(=O)c4ccc(C)o4)C3c3ccccc3F)sc2c1. The van der Waals surface area contributed by atoms with Crippen molar-refractivity contribution in [2.45, 2.75) is 19.9 Å². The quantitative estimate of drug-likeness (QED) is 0.421. The number of nitrogens with zero attached hydrogens (tertiary/aromatic N) is 2. The van der Waals surface area contributed by atoms with E-state index >= 15 is 0 Å². The van der Waals surface area contributed by atoms with E-state index in [4.69, 9.17) is 4.42 Å². The van der Waals surface area contributed by atoms with E-state index in [0.717, 1.165) is 10.3 Å². The van der Waals surface area contributed by atoms with Gasteiger partial charge in [-0.15, -0.1) is 0 Å². The molecule has 0 bridgehead atoms. The van der Waals surface area contributed by atoms with Crippen LogP contribution in [-0.2, 0) is 4.79 Å². The number of carbonyl (C=O) groups excluding carboxylic acids is 2. The van der Waals surface area contributed by atoms with E-state index in [-0.39, 0.29) is 22.0 Å². The minimum absolute atomic E-state index is 0.0417. The molecule has 2 aromatic heterocycles. The van der Waals surface area contributed by atoms with Crippen molar-refractivity contribution in [1.82, 2.24) is 4.98 Å². The molecule has 5 rings (SSSR count). The van der Waals surface area contributed by atoms with E-state index in [1.54, 1.807) is 19.1 Å². The maximum Gasteiger partial charge on any atom is 0.296 e. The van der Waals surface area contributed by atoms with Gasteiger partial charge in [0.05, 0.1) is 15.8 Å². The number of Topliss-reactive ketones (excluding diaryl/α,β-unsaturated/α-hetero) is 1. The molecule has 32 heavy (non-hydrogen) atoms. The highest BCUT2D eigenvalue weighted by Gasteiger charge is 2.47. The molecule has 0 saturated carbocycles. The monoisotopic (exact) mass is 448 g/mol. The molecule has 0 saturated heterocycles. The highest BCUT2D eigenvalue weighted by atomic mass is 32.1. The summed E-state index contributed by atoms with van der Waals surface area (Å²) in [4.78, 5) is 32.2. The van der Waals surface area contributed by atoms with Crippen LogP contribution in [0.4, 0.5) is 9.52 Å². The Morgan fingerprint density at radius 3 is 2.66 bits per heavy atom. The van der Waals surface area contributed by atoms with Crippen LogP contribution in [0.1, 0.15) is 33.5 Å². The van der Waals surface area contributed by atoms with Gasteiger partial charge in [0.1, 0.15) is 17.6 Å². The number of benzene rings is 2. The molecule has 6 nitrogen and oxygen atoms in total. The van der Waals surface area contributed by atoms with Gasteiger partial charge < -0.3 is 9.52 Å². The van der Waals surface area contributed by atoms with Gasteiger partial charge in [0.15, 0.2) is 16.7 Å². The molecule has 3 heterocycles. The lowest BCUT2D eigenvalue weighted by Crippen LogP contribution is -2.31. The highest BCUT2D eigenvalue weighted by molar-refractivity contribution is 7.22. The van der Waals surface area contributed by atoms with Gasteiger partial charge in [-0.05, 0) is 49.7 Å². The summed E-state index contributed by atoms with van der Waals surface area (Å²) in [5, 5.41) is 11.0. The molecule has 0 aliphatic carbocycles. The van der Waals surface area contributed by atoms with Gasteiger partial charge in [-0.2, -0.15) is 0 Å². The highest BCUT2D eigenvalue weighted by Crippen LogP contribution is 2.44. The predicted molar refractivity (Wildman–Crippen MR) is 118 cm³/mol. The van der Waals surface area contributed by atoms with Crippen molar-refractivity contribution >= 4 is 38.4 Å². The number of rotatable bonds is 4. The number of ketones is 1. The zero-order valence-electron chi connectivity index (χ0n) is 17.1. The Bertz CT molecular complexity index is 1430. The second-order valence-electron chi connectivity index (χ2n) is 7.57. The van der Waals surface area contributed by atoms with Crippen LogP contribution in [0, 0.1) is 19.7 Å². The van der Waals surface area contributed by atoms with Crippen LogP contribution < -0.4 is 4.90 Å². The van der Waals surface area contributed by atoms with Crippen molar-refractivity contribution in [3.8, 4) is 0 Å². The number of carbonyl (C=O) groups is 2. The van der Waals surface area contributed by atoms with Crippen molar-refractivity contribution in [3.05, 3.63) is 94.4 Å². The van der Waals surface area contributed by atoms with Gasteiger partial charge in [-0.3, -0.25) is 14.5 Å². The second kappa shape index (κ2) is 7.42. The second-order valence-corrected chi connectivity index (χ2v) is 8.58. The zero-order valence-corrected chi connectivity index (χ0v) is 17.9. The minimum atomic E-state index is -1.19. The summed E-state index contributed by atoms with van der Waals surface area (Å²) in [6.07, 6.45) is 0. The van der Waals surface area contributed by atoms with E-state index in [0.29, 0.717) is 11.3 Å². The van der Waals surface area contributed by atoms with E-state index in [1.807, 2.05) is 25.1 Å². The summed E-state index contributed by atoms with van der Waals surface area (Å²) in [6, 6.07) is 13.4. The number of furan rings is 1. The number of fused-ring (bicyclic) bond motifs is 1. The van der Waals surface area contributed by atoms with Gasteiger partial charge in [0.2, 0.25) is 5.78 Å². The Hall–Kier alpha value is -3.78. The number of anilines is 1. The Morgan fingerprint density at radius 1 is 1.16 bits per heavy atom. The van der Waals surface area contributed by atoms with Gasteiger partial charge in [-0.25, -0.2) is 9.37 Å². The number of hydrogen-bond donors (Lipinski definition) is 1. The molecule has 160 valence electrons. The van der Waals surface area contributed by atoms with Crippen LogP contribution in [0.5, 0.6) is 0 Å². The third-order valence-electron chi connectivity index (χ3n) is 5.36. The van der Waals surface area contributed by atoms with Crippen molar-refractivity contribution in [2.75, 3.05) is 4.90 Å². The predicted octanol–water partition coefficient (Wildman–Crippen LogP) is 5.43. The summed E-state index contributed by atoms with van der Waals surface area (Å²) in [5.41, 5.74) is 1.52. The number of halogens is 1. The van der Waals surface area contributed by atoms with E-state index < -0.39 is 29.3 Å². The van der Waals surface area contributed by atoms with Gasteiger partial charge in [0, 0.05) is 5.56 Å². The number of hydrogen-bond acceptors (Lipinski definition) is 6. The van der Waals surface area contributed by atoms with Crippen LogP contribution >= 0.6 is 11.3 Å². The number of aliphatic hydroxyl groups is 1. The van der Waals surface area contributed by atoms with Crippen LogP contribution in [0.25, 0.3) is 10.2 Å². The third-order valence-corrected chi connectivity index (χ3v) is 6.37. The summed E-state index contributed by atoms with van der Waals surface area (Å²) in [7, 11) is 0. The largest absolute Gasteiger partial charge is 0.503 e. The normalized spacial score (nSPS) is 16.4. The first-order valence-corrected chi connectivity index (χ1v) is 10.7. The molecule has 1 N–H and O–H groups in total.